The molecule has 1 fully saturated rings. The molecule has 0 aromatic rings. The lowest BCUT2D eigenvalue weighted by atomic mass is 9.82. The normalized spacial score (nSPS) is 39.1. The van der Waals surface area contributed by atoms with Gasteiger partial charge in [-0.2, -0.15) is 0 Å². The Hall–Kier alpha value is -2.23. The molecule has 0 unspecified atom stereocenters. The van der Waals surface area contributed by atoms with Gasteiger partial charge in [0.15, 0.2) is 5.79 Å². The fraction of sp³-hybridized carbons (Fsp3) is 0.632. The van der Waals surface area contributed by atoms with Crippen molar-refractivity contribution in [1.82, 2.24) is 0 Å². The summed E-state index contributed by atoms with van der Waals surface area (Å²) in [6.07, 6.45) is 0.653. The Kier molecular flexibility index (Phi) is 4.89. The van der Waals surface area contributed by atoms with Crippen molar-refractivity contribution in [2.45, 2.75) is 70.1 Å². The van der Waals surface area contributed by atoms with Crippen molar-refractivity contribution in [2.24, 2.45) is 0 Å². The summed E-state index contributed by atoms with van der Waals surface area (Å²) < 4.78 is 21.5. The molecule has 0 saturated carbocycles. The van der Waals surface area contributed by atoms with Gasteiger partial charge in [-0.3, -0.25) is 9.59 Å². The number of carbonyl (C=O) groups excluding carboxylic acids is 3. The van der Waals surface area contributed by atoms with E-state index >= 15 is 0 Å². The Morgan fingerprint density at radius 3 is 2.50 bits per heavy atom. The first kappa shape index (κ1) is 20.5. The van der Waals surface area contributed by atoms with Crippen LogP contribution in [0.4, 0.5) is 0 Å². The number of hydrogen-bond acceptors (Lipinski definition) is 9. The fourth-order valence-corrected chi connectivity index (χ4v) is 3.83. The predicted octanol–water partition coefficient (Wildman–Crippen LogP) is 0.631. The Morgan fingerprint density at radius 2 is 1.89 bits per heavy atom. The maximum atomic E-state index is 12.4. The predicted molar refractivity (Wildman–Crippen MR) is 92.3 cm³/mol. The first-order valence-electron chi connectivity index (χ1n) is 9.00. The third-order valence-electron chi connectivity index (χ3n) is 5.31. The van der Waals surface area contributed by atoms with E-state index in [1.165, 1.54) is 26.8 Å². The first-order valence-corrected chi connectivity index (χ1v) is 9.00. The lowest BCUT2D eigenvalue weighted by Gasteiger charge is -2.40. The molecule has 28 heavy (non-hydrogen) atoms. The molecule has 9 nitrogen and oxygen atoms in total. The maximum Gasteiger partial charge on any atom is 0.343 e. The van der Waals surface area contributed by atoms with Crippen molar-refractivity contribution in [1.29, 1.82) is 0 Å². The minimum Gasteiger partial charge on any atom is -0.461 e. The Labute approximate surface area is 161 Å². The van der Waals surface area contributed by atoms with Gasteiger partial charge in [0.1, 0.15) is 24.1 Å². The minimum atomic E-state index is -1.88. The van der Waals surface area contributed by atoms with Gasteiger partial charge in [0.05, 0.1) is 11.2 Å². The topological polar surface area (TPSA) is 129 Å². The van der Waals surface area contributed by atoms with Gasteiger partial charge in [-0.05, 0) is 26.3 Å². The fourth-order valence-electron chi connectivity index (χ4n) is 3.83. The van der Waals surface area contributed by atoms with Crippen LogP contribution in [-0.4, -0.2) is 57.8 Å². The van der Waals surface area contributed by atoms with Crippen LogP contribution in [-0.2, 0) is 33.3 Å². The van der Waals surface area contributed by atoms with Crippen LogP contribution in [0.2, 0.25) is 0 Å². The molecule has 0 radical (unpaired) electrons. The highest BCUT2D eigenvalue weighted by Crippen LogP contribution is 2.49. The standard InChI is InChI=1S/C19H24O9/c1-10(20)25-9-12-15-13(27-16(12)22)7-17(3)5-6-19(24,28-17)18(4,23)8-14(15)26-11(2)21/h7,14,23-24H,5-6,8-9H2,1-4H3/b13-7+/t14-,17+,18+,19+/m0/s1. The van der Waals surface area contributed by atoms with E-state index in [-0.39, 0.29) is 36.4 Å². The van der Waals surface area contributed by atoms with Crippen LogP contribution in [0.25, 0.3) is 0 Å². The van der Waals surface area contributed by atoms with Crippen molar-refractivity contribution in [3.05, 3.63) is 23.0 Å². The van der Waals surface area contributed by atoms with E-state index in [4.69, 9.17) is 18.9 Å². The molecule has 9 heteroatoms. The number of ether oxygens (including phenoxy) is 4. The van der Waals surface area contributed by atoms with Crippen molar-refractivity contribution in [2.75, 3.05) is 6.61 Å². The second-order valence-electron chi connectivity index (χ2n) is 7.85. The summed E-state index contributed by atoms with van der Waals surface area (Å²) in [6.45, 7) is 5.08. The Bertz CT molecular complexity index is 793. The van der Waals surface area contributed by atoms with Gasteiger partial charge in [0.25, 0.3) is 0 Å². The smallest absolute Gasteiger partial charge is 0.343 e. The summed E-state index contributed by atoms with van der Waals surface area (Å²) in [5, 5.41) is 21.9. The van der Waals surface area contributed by atoms with Gasteiger partial charge in [0.2, 0.25) is 0 Å². The van der Waals surface area contributed by atoms with Gasteiger partial charge in [-0.15, -0.1) is 0 Å². The molecule has 3 rings (SSSR count). The lowest BCUT2D eigenvalue weighted by Crippen LogP contribution is -2.54. The second kappa shape index (κ2) is 6.68. The van der Waals surface area contributed by atoms with E-state index in [0.29, 0.717) is 6.42 Å². The van der Waals surface area contributed by atoms with Crippen LogP contribution in [0, 0.1) is 0 Å². The van der Waals surface area contributed by atoms with E-state index in [2.05, 4.69) is 0 Å². The molecule has 3 aliphatic rings. The SMILES string of the molecule is CC(=O)OCC1=C2/C(=C\[C@@]3(C)CC[C@@](O)(O3)[C@](C)(O)C[C@@H]2OC(C)=O)OC1=O. The molecular formula is C19H24O9. The second-order valence-corrected chi connectivity index (χ2v) is 7.85. The minimum absolute atomic E-state index is 0.0110. The van der Waals surface area contributed by atoms with Gasteiger partial charge in [0, 0.05) is 32.3 Å². The molecule has 0 aromatic heterocycles. The van der Waals surface area contributed by atoms with Crippen LogP contribution >= 0.6 is 0 Å². The zero-order valence-electron chi connectivity index (χ0n) is 16.2. The van der Waals surface area contributed by atoms with Crippen LogP contribution < -0.4 is 0 Å². The summed E-state index contributed by atoms with van der Waals surface area (Å²) in [7, 11) is 0. The summed E-state index contributed by atoms with van der Waals surface area (Å²) in [5.41, 5.74) is -2.62. The molecule has 4 atom stereocenters. The zero-order valence-corrected chi connectivity index (χ0v) is 16.2. The van der Waals surface area contributed by atoms with Gasteiger partial charge in [-0.25, -0.2) is 4.79 Å². The molecule has 0 spiro atoms. The van der Waals surface area contributed by atoms with Crippen LogP contribution in [0.1, 0.15) is 47.0 Å². The molecule has 2 bridgehead atoms. The Morgan fingerprint density at radius 1 is 1.21 bits per heavy atom. The number of esters is 3. The summed E-state index contributed by atoms with van der Waals surface area (Å²) in [5.74, 6) is -3.76. The van der Waals surface area contributed by atoms with Crippen LogP contribution in [0.5, 0.6) is 0 Å². The molecule has 0 aromatic carbocycles. The lowest BCUT2D eigenvalue weighted by molar-refractivity contribution is -0.298. The first-order chi connectivity index (χ1) is 12.9. The van der Waals surface area contributed by atoms with Crippen molar-refractivity contribution < 1.29 is 43.5 Å². The van der Waals surface area contributed by atoms with Gasteiger partial charge in [-0.1, -0.05) is 0 Å². The summed E-state index contributed by atoms with van der Waals surface area (Å²) in [4.78, 5) is 35.3. The number of hydrogen-bond donors (Lipinski definition) is 2. The molecule has 1 saturated heterocycles. The van der Waals surface area contributed by atoms with E-state index in [1.54, 1.807) is 6.92 Å². The highest BCUT2D eigenvalue weighted by atomic mass is 16.7. The number of fused-ring (bicyclic) bond motifs is 3. The third-order valence-corrected chi connectivity index (χ3v) is 5.31. The monoisotopic (exact) mass is 396 g/mol. The summed E-state index contributed by atoms with van der Waals surface area (Å²) >= 11 is 0. The zero-order chi connectivity index (χ0) is 20.9. The highest BCUT2D eigenvalue weighted by Gasteiger charge is 2.58. The molecular weight excluding hydrogens is 372 g/mol. The van der Waals surface area contributed by atoms with Gasteiger partial charge >= 0.3 is 17.9 Å². The quantitative estimate of drug-likeness (QED) is 0.521. The van der Waals surface area contributed by atoms with E-state index in [9.17, 15) is 24.6 Å². The molecule has 3 heterocycles. The van der Waals surface area contributed by atoms with Gasteiger partial charge < -0.3 is 29.2 Å². The average molecular weight is 396 g/mol. The van der Waals surface area contributed by atoms with Crippen LogP contribution in [0.3, 0.4) is 0 Å². The third kappa shape index (κ3) is 3.57. The molecule has 3 aliphatic heterocycles. The molecule has 0 aliphatic carbocycles. The summed E-state index contributed by atoms with van der Waals surface area (Å²) in [6, 6.07) is 0. The van der Waals surface area contributed by atoms with E-state index in [1.807, 2.05) is 0 Å². The average Bonchev–Trinajstić information content (AvgIpc) is 3.01. The van der Waals surface area contributed by atoms with E-state index in [0.717, 1.165) is 0 Å². The largest absolute Gasteiger partial charge is 0.461 e. The number of carbonyl (C=O) groups is 3. The van der Waals surface area contributed by atoms with Crippen LogP contribution in [0.15, 0.2) is 23.0 Å². The van der Waals surface area contributed by atoms with Crippen molar-refractivity contribution >= 4 is 17.9 Å². The number of rotatable bonds is 3. The highest BCUT2D eigenvalue weighted by molar-refractivity contribution is 5.95. The maximum absolute atomic E-state index is 12.4. The Balaban J connectivity index is 2.16. The van der Waals surface area contributed by atoms with Crippen molar-refractivity contribution in [3.63, 3.8) is 0 Å². The molecule has 154 valence electrons. The number of aliphatic hydroxyl groups is 2. The van der Waals surface area contributed by atoms with E-state index < -0.39 is 41.0 Å². The molecule has 2 N–H and O–H groups in total. The molecule has 0 amide bonds. The van der Waals surface area contributed by atoms with Crippen molar-refractivity contribution in [3.8, 4) is 0 Å².